The molecule has 2 aromatic carbocycles. The van der Waals surface area contributed by atoms with E-state index in [0.29, 0.717) is 21.7 Å². The minimum absolute atomic E-state index is 0.477. The number of hydrogen-bond acceptors (Lipinski definition) is 1. The third-order valence-electron chi connectivity index (χ3n) is 3.23. The molecular formula is C15H12BrClF3N. The summed E-state index contributed by atoms with van der Waals surface area (Å²) in [6.07, 6.45) is -4.36. The van der Waals surface area contributed by atoms with Gasteiger partial charge in [0, 0.05) is 9.50 Å². The number of rotatable bonds is 2. The van der Waals surface area contributed by atoms with Gasteiger partial charge in [-0.3, -0.25) is 0 Å². The fourth-order valence-electron chi connectivity index (χ4n) is 2.12. The van der Waals surface area contributed by atoms with Crippen molar-refractivity contribution in [2.45, 2.75) is 19.1 Å². The van der Waals surface area contributed by atoms with Crippen LogP contribution in [0.25, 0.3) is 0 Å². The molecule has 0 spiro atoms. The first-order valence-electron chi connectivity index (χ1n) is 6.08. The molecule has 6 heteroatoms. The summed E-state index contributed by atoms with van der Waals surface area (Å²) in [5.74, 6) is 0. The van der Waals surface area contributed by atoms with Gasteiger partial charge in [0.15, 0.2) is 0 Å². The predicted molar refractivity (Wildman–Crippen MR) is 81.4 cm³/mol. The highest BCUT2D eigenvalue weighted by atomic mass is 79.9. The van der Waals surface area contributed by atoms with Crippen LogP contribution in [0.2, 0.25) is 5.02 Å². The predicted octanol–water partition coefficient (Wildman–Crippen LogP) is 5.48. The lowest BCUT2D eigenvalue weighted by Crippen LogP contribution is -2.15. The minimum Gasteiger partial charge on any atom is -0.320 e. The van der Waals surface area contributed by atoms with Gasteiger partial charge in [-0.1, -0.05) is 33.6 Å². The highest BCUT2D eigenvalue weighted by Crippen LogP contribution is 2.34. The highest BCUT2D eigenvalue weighted by Gasteiger charge is 2.31. The van der Waals surface area contributed by atoms with Crippen molar-refractivity contribution in [2.24, 2.45) is 5.73 Å². The molecule has 2 rings (SSSR count). The summed E-state index contributed by atoms with van der Waals surface area (Å²) in [5, 5.41) is 0.477. The van der Waals surface area contributed by atoms with Crippen LogP contribution in [0, 0.1) is 6.92 Å². The average Bonchev–Trinajstić information content (AvgIpc) is 2.39. The number of benzene rings is 2. The lowest BCUT2D eigenvalue weighted by molar-refractivity contribution is -0.137. The summed E-state index contributed by atoms with van der Waals surface area (Å²) in [6, 6.07) is 8.19. The van der Waals surface area contributed by atoms with Crippen molar-refractivity contribution < 1.29 is 13.2 Å². The van der Waals surface area contributed by atoms with Crippen molar-refractivity contribution in [1.29, 1.82) is 0 Å². The summed E-state index contributed by atoms with van der Waals surface area (Å²) in [7, 11) is 0. The SMILES string of the molecule is Cc1cc(C(F)(F)F)ccc1C(N)c1cc(Br)ccc1Cl. The summed E-state index contributed by atoms with van der Waals surface area (Å²) in [6.45, 7) is 1.61. The Hall–Kier alpha value is -1.04. The molecule has 0 saturated carbocycles. The fraction of sp³-hybridized carbons (Fsp3) is 0.200. The van der Waals surface area contributed by atoms with Crippen LogP contribution in [0.5, 0.6) is 0 Å². The quantitative estimate of drug-likeness (QED) is 0.736. The second-order valence-electron chi connectivity index (χ2n) is 4.71. The number of halogens is 5. The normalized spacial score (nSPS) is 13.3. The largest absolute Gasteiger partial charge is 0.416 e. The van der Waals surface area contributed by atoms with E-state index in [1.165, 1.54) is 6.07 Å². The van der Waals surface area contributed by atoms with Gasteiger partial charge in [-0.15, -0.1) is 0 Å². The van der Waals surface area contributed by atoms with Crippen molar-refractivity contribution in [3.05, 3.63) is 68.1 Å². The van der Waals surface area contributed by atoms with E-state index in [0.717, 1.165) is 16.6 Å². The van der Waals surface area contributed by atoms with Gasteiger partial charge in [-0.2, -0.15) is 13.2 Å². The number of aryl methyl sites for hydroxylation is 1. The van der Waals surface area contributed by atoms with E-state index in [-0.39, 0.29) is 0 Å². The Balaban J connectivity index is 2.44. The van der Waals surface area contributed by atoms with E-state index < -0.39 is 17.8 Å². The molecule has 0 fully saturated rings. The monoisotopic (exact) mass is 377 g/mol. The van der Waals surface area contributed by atoms with Gasteiger partial charge in [0.05, 0.1) is 11.6 Å². The van der Waals surface area contributed by atoms with Gasteiger partial charge in [-0.25, -0.2) is 0 Å². The summed E-state index contributed by atoms with van der Waals surface area (Å²) >= 11 is 9.45. The highest BCUT2D eigenvalue weighted by molar-refractivity contribution is 9.10. The molecule has 1 unspecified atom stereocenters. The Kier molecular flexibility index (Phi) is 4.66. The molecule has 0 amide bonds. The van der Waals surface area contributed by atoms with Gasteiger partial charge in [0.1, 0.15) is 0 Å². The summed E-state index contributed by atoms with van der Waals surface area (Å²) < 4.78 is 38.9. The van der Waals surface area contributed by atoms with E-state index >= 15 is 0 Å². The second-order valence-corrected chi connectivity index (χ2v) is 6.04. The Morgan fingerprint density at radius 3 is 2.33 bits per heavy atom. The molecule has 0 aliphatic carbocycles. The van der Waals surface area contributed by atoms with Crippen LogP contribution < -0.4 is 5.73 Å². The van der Waals surface area contributed by atoms with Crippen molar-refractivity contribution in [3.8, 4) is 0 Å². The van der Waals surface area contributed by atoms with Crippen LogP contribution in [-0.2, 0) is 6.18 Å². The van der Waals surface area contributed by atoms with E-state index in [1.54, 1.807) is 25.1 Å². The number of hydrogen-bond donors (Lipinski definition) is 1. The summed E-state index contributed by atoms with van der Waals surface area (Å²) in [4.78, 5) is 0. The number of alkyl halides is 3. The van der Waals surface area contributed by atoms with Gasteiger partial charge in [-0.05, 0) is 53.9 Å². The topological polar surface area (TPSA) is 26.0 Å². The minimum atomic E-state index is -4.36. The van der Waals surface area contributed by atoms with E-state index in [9.17, 15) is 13.2 Å². The molecule has 112 valence electrons. The van der Waals surface area contributed by atoms with Crippen molar-refractivity contribution in [1.82, 2.24) is 0 Å². The van der Waals surface area contributed by atoms with Crippen molar-refractivity contribution >= 4 is 27.5 Å². The average molecular weight is 379 g/mol. The molecule has 0 aliphatic rings. The molecule has 2 aromatic rings. The molecule has 2 N–H and O–H groups in total. The van der Waals surface area contributed by atoms with Crippen molar-refractivity contribution in [2.75, 3.05) is 0 Å². The Bertz CT molecular complexity index is 670. The van der Waals surface area contributed by atoms with E-state index in [4.69, 9.17) is 17.3 Å². The van der Waals surface area contributed by atoms with Gasteiger partial charge in [0.25, 0.3) is 0 Å². The lowest BCUT2D eigenvalue weighted by Gasteiger charge is -2.18. The smallest absolute Gasteiger partial charge is 0.320 e. The molecule has 0 aromatic heterocycles. The number of nitrogens with two attached hydrogens (primary N) is 1. The van der Waals surface area contributed by atoms with E-state index in [1.807, 2.05) is 0 Å². The zero-order valence-corrected chi connectivity index (χ0v) is 13.4. The van der Waals surface area contributed by atoms with Gasteiger partial charge < -0.3 is 5.73 Å². The van der Waals surface area contributed by atoms with E-state index in [2.05, 4.69) is 15.9 Å². The zero-order chi connectivity index (χ0) is 15.8. The van der Waals surface area contributed by atoms with Crippen LogP contribution in [-0.4, -0.2) is 0 Å². The van der Waals surface area contributed by atoms with Crippen LogP contribution in [0.1, 0.15) is 28.3 Å². The molecule has 0 aliphatic heterocycles. The molecule has 21 heavy (non-hydrogen) atoms. The Labute approximate surface area is 134 Å². The van der Waals surface area contributed by atoms with Crippen LogP contribution in [0.3, 0.4) is 0 Å². The van der Waals surface area contributed by atoms with Crippen molar-refractivity contribution in [3.63, 3.8) is 0 Å². The fourth-order valence-corrected chi connectivity index (χ4v) is 2.74. The standard InChI is InChI=1S/C15H12BrClF3N/c1-8-6-9(15(18,19)20)2-4-11(8)14(21)12-7-10(16)3-5-13(12)17/h2-7,14H,21H2,1H3. The molecule has 0 heterocycles. The molecular weight excluding hydrogens is 367 g/mol. The maximum Gasteiger partial charge on any atom is 0.416 e. The first-order chi connectivity index (χ1) is 9.70. The van der Waals surface area contributed by atoms with Crippen LogP contribution >= 0.6 is 27.5 Å². The molecule has 1 atom stereocenters. The Morgan fingerprint density at radius 2 is 1.76 bits per heavy atom. The van der Waals surface area contributed by atoms with Crippen LogP contribution in [0.4, 0.5) is 13.2 Å². The second kappa shape index (κ2) is 5.99. The first-order valence-corrected chi connectivity index (χ1v) is 7.25. The third-order valence-corrected chi connectivity index (χ3v) is 4.06. The van der Waals surface area contributed by atoms with Crippen LogP contribution in [0.15, 0.2) is 40.9 Å². The Morgan fingerprint density at radius 1 is 1.10 bits per heavy atom. The van der Waals surface area contributed by atoms with Gasteiger partial charge >= 0.3 is 6.18 Å². The zero-order valence-electron chi connectivity index (χ0n) is 11.0. The lowest BCUT2D eigenvalue weighted by atomic mass is 9.94. The molecule has 1 nitrogen and oxygen atoms in total. The third kappa shape index (κ3) is 3.59. The van der Waals surface area contributed by atoms with Gasteiger partial charge in [0.2, 0.25) is 0 Å². The molecule has 0 bridgehead atoms. The molecule has 0 saturated heterocycles. The first kappa shape index (κ1) is 16.3. The maximum atomic E-state index is 12.7. The summed E-state index contributed by atoms with van der Waals surface area (Å²) in [5.41, 5.74) is 7.23. The molecule has 0 radical (unpaired) electrons. The maximum absolute atomic E-state index is 12.7.